The van der Waals surface area contributed by atoms with E-state index in [1.807, 2.05) is 0 Å². The van der Waals surface area contributed by atoms with Crippen LogP contribution in [0.25, 0.3) is 11.1 Å². The van der Waals surface area contributed by atoms with Crippen molar-refractivity contribution in [3.63, 3.8) is 0 Å². The molecular weight excluding hydrogens is 195 g/mol. The predicted octanol–water partition coefficient (Wildman–Crippen LogP) is 2.04. The van der Waals surface area contributed by atoms with Gasteiger partial charge in [-0.25, -0.2) is 4.39 Å². The average molecular weight is 204 g/mol. The van der Waals surface area contributed by atoms with Crippen molar-refractivity contribution in [2.75, 3.05) is 0 Å². The maximum Gasteiger partial charge on any atom is 0.153 e. The topological polar surface area (TPSA) is 34.9 Å². The first-order valence-corrected chi connectivity index (χ1v) is 4.45. The molecule has 76 valence electrons. The smallest absolute Gasteiger partial charge is 0.153 e. The van der Waals surface area contributed by atoms with Gasteiger partial charge in [-0.2, -0.15) is 5.10 Å². The number of rotatable bonds is 2. The number of hydrogen-bond acceptors (Lipinski definition) is 2. The number of halogens is 1. The van der Waals surface area contributed by atoms with Gasteiger partial charge in [-0.15, -0.1) is 0 Å². The molecule has 2 rings (SSSR count). The first-order valence-electron chi connectivity index (χ1n) is 4.45. The van der Waals surface area contributed by atoms with Gasteiger partial charge >= 0.3 is 0 Å². The van der Waals surface area contributed by atoms with E-state index in [2.05, 4.69) is 5.10 Å². The molecule has 1 heterocycles. The molecule has 0 amide bonds. The fraction of sp³-hybridized carbons (Fsp3) is 0.0909. The van der Waals surface area contributed by atoms with Crippen molar-refractivity contribution in [1.29, 1.82) is 0 Å². The lowest BCUT2D eigenvalue weighted by atomic mass is 10.0. The third kappa shape index (κ3) is 1.66. The molecule has 0 saturated carbocycles. The SMILES string of the molecule is Cn1cc(-c2cccc(F)c2C=O)cn1. The van der Waals surface area contributed by atoms with Crippen LogP contribution >= 0.6 is 0 Å². The van der Waals surface area contributed by atoms with Gasteiger partial charge in [0, 0.05) is 18.8 Å². The Morgan fingerprint density at radius 2 is 2.27 bits per heavy atom. The molecule has 1 aromatic carbocycles. The first kappa shape index (κ1) is 9.58. The van der Waals surface area contributed by atoms with Gasteiger partial charge < -0.3 is 0 Å². The molecule has 0 aliphatic carbocycles. The number of hydrogen-bond donors (Lipinski definition) is 0. The number of aryl methyl sites for hydroxylation is 1. The van der Waals surface area contributed by atoms with Crippen molar-refractivity contribution in [3.05, 3.63) is 42.0 Å². The molecule has 0 unspecified atom stereocenters. The van der Waals surface area contributed by atoms with Gasteiger partial charge in [0.2, 0.25) is 0 Å². The number of nitrogens with zero attached hydrogens (tertiary/aromatic N) is 2. The van der Waals surface area contributed by atoms with Crippen LogP contribution in [0.1, 0.15) is 10.4 Å². The van der Waals surface area contributed by atoms with E-state index in [9.17, 15) is 9.18 Å². The summed E-state index contributed by atoms with van der Waals surface area (Å²) in [5.74, 6) is -0.508. The molecule has 0 bridgehead atoms. The Kier molecular flexibility index (Phi) is 2.33. The molecular formula is C11H9FN2O. The summed E-state index contributed by atoms with van der Waals surface area (Å²) in [5.41, 5.74) is 1.38. The minimum absolute atomic E-state index is 0.0745. The molecule has 3 nitrogen and oxygen atoms in total. The van der Waals surface area contributed by atoms with Crippen molar-refractivity contribution in [1.82, 2.24) is 9.78 Å². The minimum atomic E-state index is -0.508. The third-order valence-electron chi connectivity index (χ3n) is 2.19. The molecule has 15 heavy (non-hydrogen) atoms. The second-order valence-corrected chi connectivity index (χ2v) is 3.22. The zero-order valence-corrected chi connectivity index (χ0v) is 8.14. The van der Waals surface area contributed by atoms with Crippen LogP contribution in [-0.2, 0) is 7.05 Å². The first-order chi connectivity index (χ1) is 7.22. The van der Waals surface area contributed by atoms with Gasteiger partial charge in [0.05, 0.1) is 11.8 Å². The number of carbonyl (C=O) groups excluding carboxylic acids is 1. The van der Waals surface area contributed by atoms with E-state index in [-0.39, 0.29) is 5.56 Å². The molecule has 0 aliphatic heterocycles. The average Bonchev–Trinajstić information content (AvgIpc) is 2.64. The van der Waals surface area contributed by atoms with Gasteiger partial charge in [0.25, 0.3) is 0 Å². The maximum atomic E-state index is 13.3. The van der Waals surface area contributed by atoms with E-state index in [0.717, 1.165) is 5.56 Å². The lowest BCUT2D eigenvalue weighted by molar-refractivity contribution is 0.112. The molecule has 4 heteroatoms. The molecule has 0 aliphatic rings. The predicted molar refractivity (Wildman–Crippen MR) is 54.0 cm³/mol. The van der Waals surface area contributed by atoms with Gasteiger partial charge in [-0.1, -0.05) is 12.1 Å². The van der Waals surface area contributed by atoms with Crippen LogP contribution in [0.15, 0.2) is 30.6 Å². The van der Waals surface area contributed by atoms with Crippen LogP contribution < -0.4 is 0 Å². The molecule has 0 N–H and O–H groups in total. The summed E-state index contributed by atoms with van der Waals surface area (Å²) < 4.78 is 14.9. The summed E-state index contributed by atoms with van der Waals surface area (Å²) in [4.78, 5) is 10.8. The monoisotopic (exact) mass is 204 g/mol. The Morgan fingerprint density at radius 1 is 1.47 bits per heavy atom. The van der Waals surface area contributed by atoms with E-state index in [4.69, 9.17) is 0 Å². The highest BCUT2D eigenvalue weighted by Gasteiger charge is 2.10. The van der Waals surface area contributed by atoms with Gasteiger partial charge in [-0.3, -0.25) is 9.48 Å². The molecule has 2 aromatic rings. The summed E-state index contributed by atoms with van der Waals surface area (Å²) in [6.45, 7) is 0. The van der Waals surface area contributed by atoms with E-state index in [1.54, 1.807) is 36.3 Å². The Bertz CT molecular complexity index is 505. The molecule has 0 radical (unpaired) electrons. The lowest BCUT2D eigenvalue weighted by Crippen LogP contribution is -1.91. The Morgan fingerprint density at radius 3 is 2.87 bits per heavy atom. The highest BCUT2D eigenvalue weighted by Crippen LogP contribution is 2.23. The van der Waals surface area contributed by atoms with E-state index < -0.39 is 5.82 Å². The van der Waals surface area contributed by atoms with Crippen LogP contribution in [0, 0.1) is 5.82 Å². The fourth-order valence-electron chi connectivity index (χ4n) is 1.47. The van der Waals surface area contributed by atoms with E-state index >= 15 is 0 Å². The van der Waals surface area contributed by atoms with Gasteiger partial charge in [-0.05, 0) is 11.6 Å². The maximum absolute atomic E-state index is 13.3. The highest BCUT2D eigenvalue weighted by atomic mass is 19.1. The molecule has 0 saturated heterocycles. The van der Waals surface area contributed by atoms with Gasteiger partial charge in [0.15, 0.2) is 6.29 Å². The number of aldehydes is 1. The van der Waals surface area contributed by atoms with Crippen molar-refractivity contribution in [2.24, 2.45) is 7.05 Å². The van der Waals surface area contributed by atoms with E-state index in [0.29, 0.717) is 11.8 Å². The summed E-state index contributed by atoms with van der Waals surface area (Å²) in [6.07, 6.45) is 3.86. The van der Waals surface area contributed by atoms with E-state index in [1.165, 1.54) is 6.07 Å². The normalized spacial score (nSPS) is 10.3. The highest BCUT2D eigenvalue weighted by molar-refractivity contribution is 5.87. The third-order valence-corrected chi connectivity index (χ3v) is 2.19. The molecule has 1 aromatic heterocycles. The van der Waals surface area contributed by atoms with Crippen molar-refractivity contribution >= 4 is 6.29 Å². The van der Waals surface area contributed by atoms with Crippen LogP contribution in [0.2, 0.25) is 0 Å². The Labute approximate surface area is 86.2 Å². The van der Waals surface area contributed by atoms with Gasteiger partial charge in [0.1, 0.15) is 5.82 Å². The summed E-state index contributed by atoms with van der Waals surface area (Å²) in [6, 6.07) is 4.54. The molecule has 0 atom stereocenters. The second-order valence-electron chi connectivity index (χ2n) is 3.22. The zero-order chi connectivity index (χ0) is 10.8. The van der Waals surface area contributed by atoms with Crippen molar-refractivity contribution in [3.8, 4) is 11.1 Å². The van der Waals surface area contributed by atoms with Crippen molar-refractivity contribution in [2.45, 2.75) is 0 Å². The van der Waals surface area contributed by atoms with Crippen LogP contribution in [0.4, 0.5) is 4.39 Å². The quantitative estimate of drug-likeness (QED) is 0.701. The fourth-order valence-corrected chi connectivity index (χ4v) is 1.47. The Hall–Kier alpha value is -1.97. The summed E-state index contributed by atoms with van der Waals surface area (Å²) >= 11 is 0. The van der Waals surface area contributed by atoms with Crippen LogP contribution in [0.3, 0.4) is 0 Å². The lowest BCUT2D eigenvalue weighted by Gasteiger charge is -2.01. The van der Waals surface area contributed by atoms with Crippen molar-refractivity contribution < 1.29 is 9.18 Å². The summed E-state index contributed by atoms with van der Waals surface area (Å²) in [7, 11) is 1.77. The zero-order valence-electron chi connectivity index (χ0n) is 8.14. The number of benzene rings is 1. The molecule has 0 fully saturated rings. The standard InChI is InChI=1S/C11H9FN2O/c1-14-6-8(5-13-14)9-3-2-4-11(12)10(9)7-15/h2-7H,1H3. The number of carbonyl (C=O) groups is 1. The molecule has 0 spiro atoms. The Balaban J connectivity index is 2.62. The second kappa shape index (κ2) is 3.65. The largest absolute Gasteiger partial charge is 0.298 e. The van der Waals surface area contributed by atoms with Crippen LogP contribution in [0.5, 0.6) is 0 Å². The number of aromatic nitrogens is 2. The summed E-state index contributed by atoms with van der Waals surface area (Å²) in [5, 5.41) is 3.98. The van der Waals surface area contributed by atoms with Crippen LogP contribution in [-0.4, -0.2) is 16.1 Å². The minimum Gasteiger partial charge on any atom is -0.298 e.